The van der Waals surface area contributed by atoms with Crippen molar-refractivity contribution >= 4 is 11.7 Å². The predicted molar refractivity (Wildman–Crippen MR) is 121 cm³/mol. The number of fused-ring (bicyclic) bond motifs is 7. The number of carboxylic acids is 1. The summed E-state index contributed by atoms with van der Waals surface area (Å²) in [5, 5.41) is 54.3. The van der Waals surface area contributed by atoms with Crippen molar-refractivity contribution in [1.82, 2.24) is 0 Å². The van der Waals surface area contributed by atoms with Gasteiger partial charge in [-0.2, -0.15) is 0 Å². The molecular formula is C24H25NO12. The molecule has 0 radical (unpaired) electrons. The van der Waals surface area contributed by atoms with Gasteiger partial charge in [0.2, 0.25) is 12.0 Å². The van der Waals surface area contributed by atoms with Crippen LogP contribution in [0.3, 0.4) is 0 Å². The van der Waals surface area contributed by atoms with Crippen molar-refractivity contribution in [3.8, 4) is 28.7 Å². The number of aliphatic carboxylic acids is 1. The van der Waals surface area contributed by atoms with Crippen LogP contribution in [0.15, 0.2) is 24.3 Å². The molecule has 37 heavy (non-hydrogen) atoms. The first-order valence-electron chi connectivity index (χ1n) is 11.5. The lowest BCUT2D eigenvalue weighted by molar-refractivity contribution is -0.325. The molecule has 1 saturated heterocycles. The number of rotatable bonds is 3. The number of aliphatic hydroxyl groups excluding tert-OH is 4. The summed E-state index contributed by atoms with van der Waals surface area (Å²) in [4.78, 5) is 11.6. The minimum absolute atomic E-state index is 0.109. The van der Waals surface area contributed by atoms with Gasteiger partial charge < -0.3 is 59.3 Å². The standard InChI is InChI=1S/C24H25NO12/c1-32-11-6-3-8-12-16(34-18(8)19(11)33-2)9-4-5-10-13(17(9)35-23(12)31)25-7-24(36-10)21(28)15(27)14(26)20(37-24)22(29)30/h3-6,12,14-16,20-21,23,25-28,31H,7H2,1-2H3,(H,29,30). The van der Waals surface area contributed by atoms with E-state index in [1.807, 2.05) is 0 Å². The molecule has 13 nitrogen and oxygen atoms in total. The van der Waals surface area contributed by atoms with E-state index in [1.54, 1.807) is 24.3 Å². The average molecular weight is 519 g/mol. The lowest BCUT2D eigenvalue weighted by atomic mass is 9.87. The predicted octanol–water partition coefficient (Wildman–Crippen LogP) is -0.301. The lowest BCUT2D eigenvalue weighted by Gasteiger charge is -2.49. The zero-order chi connectivity index (χ0) is 26.2. The molecule has 0 aromatic heterocycles. The molecule has 198 valence electrons. The Hall–Kier alpha value is -3.49. The number of ether oxygens (including phenoxy) is 6. The Bertz CT molecular complexity index is 1270. The Morgan fingerprint density at radius 1 is 1.00 bits per heavy atom. The Morgan fingerprint density at radius 2 is 1.76 bits per heavy atom. The molecule has 13 heteroatoms. The summed E-state index contributed by atoms with van der Waals surface area (Å²) >= 11 is 0. The summed E-state index contributed by atoms with van der Waals surface area (Å²) in [6.45, 7) is -0.301. The summed E-state index contributed by atoms with van der Waals surface area (Å²) in [5.41, 5.74) is 1.60. The van der Waals surface area contributed by atoms with E-state index in [1.165, 1.54) is 14.2 Å². The van der Waals surface area contributed by atoms with E-state index in [4.69, 9.17) is 28.4 Å². The summed E-state index contributed by atoms with van der Waals surface area (Å²) in [6, 6.07) is 6.71. The van der Waals surface area contributed by atoms with Crippen molar-refractivity contribution in [3.63, 3.8) is 0 Å². The third-order valence-corrected chi connectivity index (χ3v) is 7.26. The second-order valence-corrected chi connectivity index (χ2v) is 9.22. The first kappa shape index (κ1) is 23.9. The van der Waals surface area contributed by atoms with Gasteiger partial charge in [0.05, 0.1) is 26.7 Å². The molecular weight excluding hydrogens is 494 g/mol. The van der Waals surface area contributed by atoms with Crippen LogP contribution in [0.4, 0.5) is 5.69 Å². The molecule has 6 N–H and O–H groups in total. The third-order valence-electron chi connectivity index (χ3n) is 7.26. The second-order valence-electron chi connectivity index (χ2n) is 9.22. The fraction of sp³-hybridized carbons (Fsp3) is 0.458. The molecule has 1 spiro atoms. The zero-order valence-electron chi connectivity index (χ0n) is 19.7. The fourth-order valence-electron chi connectivity index (χ4n) is 5.44. The van der Waals surface area contributed by atoms with Crippen molar-refractivity contribution < 1.29 is 58.7 Å². The van der Waals surface area contributed by atoms with Gasteiger partial charge in [-0.1, -0.05) is 6.07 Å². The molecule has 0 amide bonds. The molecule has 0 bridgehead atoms. The van der Waals surface area contributed by atoms with Gasteiger partial charge in [0.1, 0.15) is 35.9 Å². The van der Waals surface area contributed by atoms with Gasteiger partial charge in [-0.25, -0.2) is 4.79 Å². The van der Waals surface area contributed by atoms with Crippen molar-refractivity contribution in [2.75, 3.05) is 26.1 Å². The number of carboxylic acid groups (broad SMARTS) is 1. The number of methoxy groups -OCH3 is 2. The summed E-state index contributed by atoms with van der Waals surface area (Å²) in [5.74, 6) is -2.46. The van der Waals surface area contributed by atoms with Crippen molar-refractivity contribution in [2.24, 2.45) is 0 Å². The minimum atomic E-state index is -2.01. The number of carbonyl (C=O) groups is 1. The summed E-state index contributed by atoms with van der Waals surface area (Å²) in [6.07, 6.45) is -9.25. The number of nitrogens with one attached hydrogen (secondary N) is 1. The average Bonchev–Trinajstić information content (AvgIpc) is 3.29. The number of hydrogen-bond acceptors (Lipinski definition) is 12. The van der Waals surface area contributed by atoms with E-state index < -0.39 is 54.5 Å². The van der Waals surface area contributed by atoms with Crippen LogP contribution in [0.1, 0.15) is 23.1 Å². The first-order chi connectivity index (χ1) is 17.7. The van der Waals surface area contributed by atoms with Crippen LogP contribution in [0, 0.1) is 0 Å². The van der Waals surface area contributed by atoms with E-state index in [9.17, 15) is 30.3 Å². The molecule has 8 unspecified atom stereocenters. The van der Waals surface area contributed by atoms with Crippen LogP contribution in [0.25, 0.3) is 0 Å². The van der Waals surface area contributed by atoms with Gasteiger partial charge in [0, 0.05) is 11.1 Å². The highest BCUT2D eigenvalue weighted by Crippen LogP contribution is 2.60. The second kappa shape index (κ2) is 8.26. The van der Waals surface area contributed by atoms with Gasteiger partial charge >= 0.3 is 5.97 Å². The molecule has 4 aliphatic rings. The quantitative estimate of drug-likeness (QED) is 0.311. The number of aliphatic hydroxyl groups is 4. The highest BCUT2D eigenvalue weighted by atomic mass is 16.7. The minimum Gasteiger partial charge on any atom is -0.493 e. The SMILES string of the molecule is COc1ccc2c(c1OC)OC1c3ccc4c(c3OC(O)C21)NCC1(O4)OC(C(=O)O)C(O)C(O)C1O. The Labute approximate surface area is 209 Å². The number of anilines is 1. The molecule has 2 aromatic carbocycles. The van der Waals surface area contributed by atoms with Crippen LogP contribution in [-0.2, 0) is 9.53 Å². The van der Waals surface area contributed by atoms with E-state index in [0.717, 1.165) is 0 Å². The maximum absolute atomic E-state index is 11.6. The van der Waals surface area contributed by atoms with Gasteiger partial charge in [0.25, 0.3) is 5.79 Å². The van der Waals surface area contributed by atoms with Crippen molar-refractivity contribution in [1.29, 1.82) is 0 Å². The maximum atomic E-state index is 11.6. The molecule has 8 atom stereocenters. The van der Waals surface area contributed by atoms with Gasteiger partial charge in [-0.3, -0.25) is 0 Å². The third kappa shape index (κ3) is 3.25. The topological polar surface area (TPSA) is 186 Å². The van der Waals surface area contributed by atoms with Crippen LogP contribution in [0.5, 0.6) is 28.7 Å². The molecule has 0 saturated carbocycles. The highest BCUT2D eigenvalue weighted by molar-refractivity contribution is 5.75. The Kier molecular flexibility index (Phi) is 5.33. The highest BCUT2D eigenvalue weighted by Gasteiger charge is 2.59. The fourth-order valence-corrected chi connectivity index (χ4v) is 5.44. The molecule has 2 aromatic rings. The smallest absolute Gasteiger partial charge is 0.335 e. The van der Waals surface area contributed by atoms with Crippen LogP contribution in [-0.4, -0.2) is 88.8 Å². The molecule has 1 fully saturated rings. The first-order valence-corrected chi connectivity index (χ1v) is 11.5. The monoisotopic (exact) mass is 519 g/mol. The van der Waals surface area contributed by atoms with E-state index in [2.05, 4.69) is 5.32 Å². The van der Waals surface area contributed by atoms with Gasteiger partial charge in [-0.15, -0.1) is 0 Å². The molecule has 4 heterocycles. The van der Waals surface area contributed by atoms with E-state index >= 15 is 0 Å². The Balaban J connectivity index is 1.36. The summed E-state index contributed by atoms with van der Waals surface area (Å²) < 4.78 is 34.4. The number of hydrogen-bond donors (Lipinski definition) is 6. The molecule has 6 rings (SSSR count). The van der Waals surface area contributed by atoms with E-state index in [0.29, 0.717) is 34.1 Å². The van der Waals surface area contributed by atoms with Crippen LogP contribution >= 0.6 is 0 Å². The van der Waals surface area contributed by atoms with Crippen LogP contribution in [0.2, 0.25) is 0 Å². The number of benzene rings is 2. The molecule has 0 aliphatic carbocycles. The van der Waals surface area contributed by atoms with Crippen molar-refractivity contribution in [2.45, 2.75) is 48.5 Å². The Morgan fingerprint density at radius 3 is 2.46 bits per heavy atom. The van der Waals surface area contributed by atoms with Crippen LogP contribution < -0.4 is 29.0 Å². The van der Waals surface area contributed by atoms with Gasteiger partial charge in [0.15, 0.2) is 23.4 Å². The lowest BCUT2D eigenvalue weighted by Crippen LogP contribution is -2.71. The van der Waals surface area contributed by atoms with Gasteiger partial charge in [-0.05, 0) is 18.2 Å². The zero-order valence-corrected chi connectivity index (χ0v) is 19.7. The van der Waals surface area contributed by atoms with E-state index in [-0.39, 0.29) is 18.0 Å². The summed E-state index contributed by atoms with van der Waals surface area (Å²) in [7, 11) is 3.00. The molecule has 4 aliphatic heterocycles. The normalized spacial score (nSPS) is 34.9. The van der Waals surface area contributed by atoms with Crippen molar-refractivity contribution in [3.05, 3.63) is 35.4 Å². The largest absolute Gasteiger partial charge is 0.493 e. The maximum Gasteiger partial charge on any atom is 0.335 e.